The standard InChI is InChI=1S/C16H20O8Si2/c1-6-25(5)20-10-14-9-15(7-8-16(14)24-25)26(21-11(2)17,22-12(3)18)23-13(4)19/h6-9H,1,10H2,2-5H3. The molecule has 0 bridgehead atoms. The molecule has 0 saturated heterocycles. The molecule has 0 amide bonds. The molecule has 0 radical (unpaired) electrons. The molecule has 0 aliphatic carbocycles. The second kappa shape index (κ2) is 7.44. The summed E-state index contributed by atoms with van der Waals surface area (Å²) in [6.07, 6.45) is 0. The predicted octanol–water partition coefficient (Wildman–Crippen LogP) is 1.23. The first-order chi connectivity index (χ1) is 12.1. The summed E-state index contributed by atoms with van der Waals surface area (Å²) in [5, 5.41) is 0.271. The van der Waals surface area contributed by atoms with Gasteiger partial charge >= 0.3 is 17.4 Å². The van der Waals surface area contributed by atoms with E-state index in [2.05, 4.69) is 6.58 Å². The molecule has 0 fully saturated rings. The molecule has 1 aromatic rings. The summed E-state index contributed by atoms with van der Waals surface area (Å²) in [6, 6.07) is 4.77. The molecule has 26 heavy (non-hydrogen) atoms. The fraction of sp³-hybridized carbons (Fsp3) is 0.312. The minimum atomic E-state index is -4.13. The maximum absolute atomic E-state index is 11.6. The SMILES string of the molecule is C=C[Si]1(C)OCc2cc([Si](OC(C)=O)(OC(C)=O)OC(C)=O)ccc2O1. The number of carbonyl (C=O) groups excluding carboxylic acids is 3. The van der Waals surface area contributed by atoms with E-state index >= 15 is 0 Å². The number of carbonyl (C=O) groups is 3. The first kappa shape index (κ1) is 19.9. The van der Waals surface area contributed by atoms with Crippen LogP contribution in [0.1, 0.15) is 26.3 Å². The molecule has 1 aliphatic rings. The zero-order valence-electron chi connectivity index (χ0n) is 15.0. The van der Waals surface area contributed by atoms with Gasteiger partial charge in [0.2, 0.25) is 0 Å². The summed E-state index contributed by atoms with van der Waals surface area (Å²) >= 11 is 0. The van der Waals surface area contributed by atoms with Crippen molar-refractivity contribution in [3.8, 4) is 5.75 Å². The molecule has 1 unspecified atom stereocenters. The van der Waals surface area contributed by atoms with Gasteiger partial charge in [-0.15, -0.1) is 6.58 Å². The summed E-state index contributed by atoms with van der Waals surface area (Å²) in [5.74, 6) is -1.63. The lowest BCUT2D eigenvalue weighted by atomic mass is 10.2. The maximum Gasteiger partial charge on any atom is 0.742 e. The second-order valence-electron chi connectivity index (χ2n) is 5.77. The van der Waals surface area contributed by atoms with Crippen LogP contribution in [0.4, 0.5) is 0 Å². The minimum absolute atomic E-state index is 0.239. The lowest BCUT2D eigenvalue weighted by Gasteiger charge is -2.32. The van der Waals surface area contributed by atoms with Crippen LogP contribution in [0.3, 0.4) is 0 Å². The molecule has 0 aromatic heterocycles. The topological polar surface area (TPSA) is 97.4 Å². The zero-order chi connectivity index (χ0) is 19.5. The Labute approximate surface area is 153 Å². The molecule has 1 aliphatic heterocycles. The Kier molecular flexibility index (Phi) is 5.69. The Morgan fingerprint density at radius 3 is 2.12 bits per heavy atom. The van der Waals surface area contributed by atoms with E-state index in [1.807, 2.05) is 6.55 Å². The van der Waals surface area contributed by atoms with Gasteiger partial charge in [-0.25, -0.2) is 0 Å². The van der Waals surface area contributed by atoms with E-state index in [0.29, 0.717) is 11.3 Å². The van der Waals surface area contributed by atoms with Crippen molar-refractivity contribution in [1.29, 1.82) is 0 Å². The van der Waals surface area contributed by atoms with E-state index in [-0.39, 0.29) is 11.8 Å². The summed E-state index contributed by atoms with van der Waals surface area (Å²) in [5.41, 5.74) is 2.32. The molecule has 8 nitrogen and oxygen atoms in total. The molecule has 1 heterocycles. The second-order valence-corrected chi connectivity index (χ2v) is 11.0. The molecular formula is C16H20O8Si2. The van der Waals surface area contributed by atoms with Crippen LogP contribution in [0.5, 0.6) is 5.75 Å². The van der Waals surface area contributed by atoms with Crippen molar-refractivity contribution >= 4 is 40.5 Å². The number of benzene rings is 1. The van der Waals surface area contributed by atoms with Gasteiger partial charge in [0.25, 0.3) is 17.9 Å². The molecule has 0 N–H and O–H groups in total. The number of fused-ring (bicyclic) bond motifs is 1. The maximum atomic E-state index is 11.6. The summed E-state index contributed by atoms with van der Waals surface area (Å²) < 4.78 is 27.3. The van der Waals surface area contributed by atoms with Crippen molar-refractivity contribution < 1.29 is 36.5 Å². The van der Waals surface area contributed by atoms with Gasteiger partial charge in [0.15, 0.2) is 0 Å². The van der Waals surface area contributed by atoms with Crippen molar-refractivity contribution in [1.82, 2.24) is 0 Å². The highest BCUT2D eigenvalue weighted by molar-refractivity contribution is 6.79. The summed E-state index contributed by atoms with van der Waals surface area (Å²) in [6.45, 7) is 9.24. The molecule has 1 aromatic carbocycles. The first-order valence-electron chi connectivity index (χ1n) is 7.78. The molecule has 0 saturated carbocycles. The number of hydrogen-bond donors (Lipinski definition) is 0. The normalized spacial score (nSPS) is 18.8. The molecule has 2 rings (SSSR count). The van der Waals surface area contributed by atoms with Crippen LogP contribution >= 0.6 is 0 Å². The number of rotatable bonds is 5. The highest BCUT2D eigenvalue weighted by Gasteiger charge is 2.55. The smallest absolute Gasteiger partial charge is 0.517 e. The van der Waals surface area contributed by atoms with Crippen molar-refractivity contribution in [2.75, 3.05) is 0 Å². The van der Waals surface area contributed by atoms with Crippen LogP contribution in [0, 0.1) is 0 Å². The van der Waals surface area contributed by atoms with Crippen LogP contribution < -0.4 is 9.61 Å². The molecule has 0 spiro atoms. The Morgan fingerprint density at radius 2 is 1.65 bits per heavy atom. The van der Waals surface area contributed by atoms with Crippen LogP contribution in [0.2, 0.25) is 6.55 Å². The highest BCUT2D eigenvalue weighted by atomic mass is 28.4. The Morgan fingerprint density at radius 1 is 1.12 bits per heavy atom. The van der Waals surface area contributed by atoms with Gasteiger partial charge in [-0.3, -0.25) is 14.4 Å². The fourth-order valence-corrected chi connectivity index (χ4v) is 5.95. The van der Waals surface area contributed by atoms with Crippen LogP contribution in [0.15, 0.2) is 30.5 Å². The van der Waals surface area contributed by atoms with Gasteiger partial charge in [-0.2, -0.15) is 0 Å². The third-order valence-corrected chi connectivity index (χ3v) is 8.22. The van der Waals surface area contributed by atoms with Crippen molar-refractivity contribution in [2.24, 2.45) is 0 Å². The van der Waals surface area contributed by atoms with Crippen molar-refractivity contribution in [2.45, 2.75) is 33.9 Å². The third-order valence-electron chi connectivity index (χ3n) is 3.45. The summed E-state index contributed by atoms with van der Waals surface area (Å²) in [4.78, 5) is 34.8. The highest BCUT2D eigenvalue weighted by Crippen LogP contribution is 2.29. The van der Waals surface area contributed by atoms with E-state index in [4.69, 9.17) is 22.1 Å². The minimum Gasteiger partial charge on any atom is -0.517 e. The lowest BCUT2D eigenvalue weighted by molar-refractivity contribution is -0.146. The van der Waals surface area contributed by atoms with Gasteiger partial charge in [-0.1, -0.05) is 0 Å². The van der Waals surface area contributed by atoms with Gasteiger partial charge in [0, 0.05) is 26.3 Å². The third kappa shape index (κ3) is 4.39. The largest absolute Gasteiger partial charge is 0.742 e. The van der Waals surface area contributed by atoms with Crippen molar-refractivity contribution in [3.63, 3.8) is 0 Å². The zero-order valence-corrected chi connectivity index (χ0v) is 17.0. The average Bonchev–Trinajstić information content (AvgIpc) is 2.52. The van der Waals surface area contributed by atoms with E-state index in [1.165, 1.54) is 0 Å². The molecule has 10 heteroatoms. The quantitative estimate of drug-likeness (QED) is 0.686. The average molecular weight is 397 g/mol. The van der Waals surface area contributed by atoms with E-state index in [1.54, 1.807) is 23.9 Å². The number of hydrogen-bond acceptors (Lipinski definition) is 8. The summed E-state index contributed by atoms with van der Waals surface area (Å²) in [7, 11) is -6.62. The Balaban J connectivity index is 2.51. The van der Waals surface area contributed by atoms with Gasteiger partial charge in [0.05, 0.1) is 11.8 Å². The van der Waals surface area contributed by atoms with Gasteiger partial charge in [0.1, 0.15) is 5.75 Å². The van der Waals surface area contributed by atoms with Crippen LogP contribution in [0.25, 0.3) is 0 Å². The van der Waals surface area contributed by atoms with Crippen molar-refractivity contribution in [3.05, 3.63) is 36.0 Å². The predicted molar refractivity (Wildman–Crippen MR) is 94.4 cm³/mol. The van der Waals surface area contributed by atoms with E-state index in [9.17, 15) is 14.4 Å². The fourth-order valence-electron chi connectivity index (χ4n) is 2.36. The van der Waals surface area contributed by atoms with Crippen LogP contribution in [-0.2, 0) is 38.7 Å². The monoisotopic (exact) mass is 396 g/mol. The van der Waals surface area contributed by atoms with E-state index in [0.717, 1.165) is 20.8 Å². The Hall–Kier alpha value is -2.44. The lowest BCUT2D eigenvalue weighted by Crippen LogP contribution is -2.59. The molecule has 1 atom stereocenters. The van der Waals surface area contributed by atoms with E-state index < -0.39 is 35.3 Å². The molecular weight excluding hydrogens is 376 g/mol. The first-order valence-corrected chi connectivity index (χ1v) is 11.9. The molecule has 140 valence electrons. The van der Waals surface area contributed by atoms with Gasteiger partial charge < -0.3 is 22.1 Å². The van der Waals surface area contributed by atoms with Crippen LogP contribution in [-0.4, -0.2) is 35.3 Å². The Bertz CT molecular complexity index is 722. The van der Waals surface area contributed by atoms with Gasteiger partial charge in [-0.05, 0) is 30.4 Å².